The van der Waals surface area contributed by atoms with Gasteiger partial charge >= 0.3 is 0 Å². The van der Waals surface area contributed by atoms with E-state index in [9.17, 15) is 9.59 Å². The number of aryl methyl sites for hydroxylation is 1. The highest BCUT2D eigenvalue weighted by Gasteiger charge is 2.32. The van der Waals surface area contributed by atoms with Crippen LogP contribution in [-0.4, -0.2) is 76.3 Å². The van der Waals surface area contributed by atoms with Crippen LogP contribution >= 0.6 is 0 Å². The molecule has 0 unspecified atom stereocenters. The Labute approximate surface area is 147 Å². The molecule has 0 aromatic carbocycles. The normalized spacial score (nSPS) is 25.1. The number of ether oxygens (including phenoxy) is 1. The van der Waals surface area contributed by atoms with Crippen LogP contribution in [0.2, 0.25) is 0 Å². The van der Waals surface area contributed by atoms with Crippen molar-refractivity contribution in [3.63, 3.8) is 0 Å². The standard InChI is InChI=1S/C17H27N5O3/c1-13-8-19-21(9-13)11-14-10-20(6-7-25-14)12-16(23)22-5-3-2-4-15(22)17(18)24/h8-9,14-15H,2-7,10-12H2,1H3,(H2,18,24)/t14-,15-/m0/s1. The number of primary amides is 1. The number of carbonyl (C=O) groups is 2. The molecule has 1 aromatic heterocycles. The van der Waals surface area contributed by atoms with E-state index in [1.807, 2.05) is 24.0 Å². The van der Waals surface area contributed by atoms with Crippen molar-refractivity contribution in [3.05, 3.63) is 18.0 Å². The van der Waals surface area contributed by atoms with Crippen LogP contribution in [0.5, 0.6) is 0 Å². The number of piperidine rings is 1. The molecular formula is C17H27N5O3. The molecule has 1 aromatic rings. The average Bonchev–Trinajstić information content (AvgIpc) is 3.00. The van der Waals surface area contributed by atoms with Crippen LogP contribution in [0.15, 0.2) is 12.4 Å². The van der Waals surface area contributed by atoms with Gasteiger partial charge in [0.15, 0.2) is 0 Å². The Bertz CT molecular complexity index is 617. The molecule has 3 rings (SSSR count). The van der Waals surface area contributed by atoms with E-state index in [4.69, 9.17) is 10.5 Å². The SMILES string of the molecule is Cc1cnn(C[C@@H]2CN(CC(=O)N3CCCC[C@H]3C(N)=O)CCO2)c1. The van der Waals surface area contributed by atoms with Gasteiger partial charge in [-0.15, -0.1) is 0 Å². The number of nitrogens with two attached hydrogens (primary N) is 1. The lowest BCUT2D eigenvalue weighted by Crippen LogP contribution is -2.55. The molecule has 2 N–H and O–H groups in total. The van der Waals surface area contributed by atoms with Gasteiger partial charge in [0.25, 0.3) is 0 Å². The van der Waals surface area contributed by atoms with Gasteiger partial charge in [-0.25, -0.2) is 0 Å². The molecule has 0 spiro atoms. The quantitative estimate of drug-likeness (QED) is 0.792. The predicted octanol–water partition coefficient (Wildman–Crippen LogP) is -0.241. The van der Waals surface area contributed by atoms with Crippen LogP contribution in [0.25, 0.3) is 0 Å². The fraction of sp³-hybridized carbons (Fsp3) is 0.706. The molecule has 8 nitrogen and oxygen atoms in total. The molecule has 0 saturated carbocycles. The van der Waals surface area contributed by atoms with Gasteiger partial charge < -0.3 is 15.4 Å². The first-order valence-electron chi connectivity index (χ1n) is 8.94. The van der Waals surface area contributed by atoms with Crippen LogP contribution in [0.1, 0.15) is 24.8 Å². The zero-order valence-electron chi connectivity index (χ0n) is 14.8. The number of hydrogen-bond acceptors (Lipinski definition) is 5. The highest BCUT2D eigenvalue weighted by molar-refractivity contribution is 5.87. The van der Waals surface area contributed by atoms with Crippen LogP contribution in [0.4, 0.5) is 0 Å². The summed E-state index contributed by atoms with van der Waals surface area (Å²) in [7, 11) is 0. The second-order valence-corrected chi connectivity index (χ2v) is 6.97. The molecule has 0 radical (unpaired) electrons. The summed E-state index contributed by atoms with van der Waals surface area (Å²) in [4.78, 5) is 28.0. The van der Waals surface area contributed by atoms with Crippen molar-refractivity contribution in [1.29, 1.82) is 0 Å². The van der Waals surface area contributed by atoms with Crippen molar-refractivity contribution in [2.75, 3.05) is 32.8 Å². The number of nitrogens with zero attached hydrogens (tertiary/aromatic N) is 4. The summed E-state index contributed by atoms with van der Waals surface area (Å²) in [5, 5.41) is 4.29. The highest BCUT2D eigenvalue weighted by Crippen LogP contribution is 2.18. The van der Waals surface area contributed by atoms with Gasteiger partial charge in [0.05, 0.1) is 32.0 Å². The van der Waals surface area contributed by atoms with Gasteiger partial charge in [-0.3, -0.25) is 19.2 Å². The fourth-order valence-electron chi connectivity index (χ4n) is 3.62. The van der Waals surface area contributed by atoms with E-state index in [1.54, 1.807) is 4.90 Å². The largest absolute Gasteiger partial charge is 0.374 e. The van der Waals surface area contributed by atoms with Crippen LogP contribution in [0.3, 0.4) is 0 Å². The Balaban J connectivity index is 1.54. The molecule has 2 saturated heterocycles. The van der Waals surface area contributed by atoms with E-state index in [-0.39, 0.29) is 12.0 Å². The first-order chi connectivity index (χ1) is 12.0. The van der Waals surface area contributed by atoms with Crippen molar-refractivity contribution in [3.8, 4) is 0 Å². The van der Waals surface area contributed by atoms with Crippen molar-refractivity contribution in [1.82, 2.24) is 19.6 Å². The van der Waals surface area contributed by atoms with Crippen LogP contribution in [0, 0.1) is 6.92 Å². The smallest absolute Gasteiger partial charge is 0.240 e. The van der Waals surface area contributed by atoms with Gasteiger partial charge in [-0.1, -0.05) is 0 Å². The van der Waals surface area contributed by atoms with Crippen molar-refractivity contribution in [2.45, 2.75) is 44.9 Å². The Morgan fingerprint density at radius 2 is 2.20 bits per heavy atom. The number of hydrogen-bond donors (Lipinski definition) is 1. The second kappa shape index (κ2) is 7.97. The summed E-state index contributed by atoms with van der Waals surface area (Å²) < 4.78 is 7.68. The zero-order valence-corrected chi connectivity index (χ0v) is 14.8. The molecule has 2 aliphatic rings. The Morgan fingerprint density at radius 1 is 1.36 bits per heavy atom. The van der Waals surface area contributed by atoms with Gasteiger partial charge in [0.1, 0.15) is 6.04 Å². The summed E-state index contributed by atoms with van der Waals surface area (Å²) in [5.41, 5.74) is 6.58. The summed E-state index contributed by atoms with van der Waals surface area (Å²) in [6.07, 6.45) is 6.36. The number of likely N-dealkylation sites (tertiary alicyclic amines) is 1. The molecule has 2 aliphatic heterocycles. The molecule has 8 heteroatoms. The number of morpholine rings is 1. The minimum absolute atomic E-state index is 0.00847. The third-order valence-electron chi connectivity index (χ3n) is 4.89. The summed E-state index contributed by atoms with van der Waals surface area (Å²) in [6, 6.07) is -0.454. The lowest BCUT2D eigenvalue weighted by atomic mass is 10.0. The summed E-state index contributed by atoms with van der Waals surface area (Å²) in [6.45, 7) is 5.59. The first-order valence-corrected chi connectivity index (χ1v) is 8.94. The van der Waals surface area contributed by atoms with Gasteiger partial charge in [0, 0.05) is 25.8 Å². The number of amides is 2. The molecular weight excluding hydrogens is 322 g/mol. The van der Waals surface area contributed by atoms with E-state index in [1.165, 1.54) is 0 Å². The number of rotatable bonds is 5. The van der Waals surface area contributed by atoms with Gasteiger partial charge in [-0.2, -0.15) is 5.10 Å². The van der Waals surface area contributed by atoms with Crippen molar-refractivity contribution in [2.24, 2.45) is 5.73 Å². The van der Waals surface area contributed by atoms with Crippen LogP contribution < -0.4 is 5.73 Å². The molecule has 25 heavy (non-hydrogen) atoms. The third-order valence-corrected chi connectivity index (χ3v) is 4.89. The Morgan fingerprint density at radius 3 is 2.92 bits per heavy atom. The van der Waals surface area contributed by atoms with Crippen LogP contribution in [-0.2, 0) is 20.9 Å². The number of carbonyl (C=O) groups excluding carboxylic acids is 2. The van der Waals surface area contributed by atoms with Gasteiger partial charge in [0.2, 0.25) is 11.8 Å². The molecule has 138 valence electrons. The third kappa shape index (κ3) is 4.58. The molecule has 0 aliphatic carbocycles. The topological polar surface area (TPSA) is 93.7 Å². The van der Waals surface area contributed by atoms with E-state index < -0.39 is 11.9 Å². The Kier molecular flexibility index (Phi) is 5.70. The Hall–Kier alpha value is -1.93. The van der Waals surface area contributed by atoms with E-state index in [0.29, 0.717) is 39.2 Å². The minimum atomic E-state index is -0.454. The molecule has 0 bridgehead atoms. The van der Waals surface area contributed by atoms with Crippen molar-refractivity contribution >= 4 is 11.8 Å². The minimum Gasteiger partial charge on any atom is -0.374 e. The zero-order chi connectivity index (χ0) is 17.8. The average molecular weight is 349 g/mol. The molecule has 2 atom stereocenters. The summed E-state index contributed by atoms with van der Waals surface area (Å²) in [5.74, 6) is -0.416. The maximum absolute atomic E-state index is 12.7. The first kappa shape index (κ1) is 17.9. The monoisotopic (exact) mass is 349 g/mol. The van der Waals surface area contributed by atoms with Gasteiger partial charge in [-0.05, 0) is 31.7 Å². The fourth-order valence-corrected chi connectivity index (χ4v) is 3.62. The predicted molar refractivity (Wildman–Crippen MR) is 91.7 cm³/mol. The lowest BCUT2D eigenvalue weighted by molar-refractivity contribution is -0.143. The van der Waals surface area contributed by atoms with Crippen molar-refractivity contribution < 1.29 is 14.3 Å². The van der Waals surface area contributed by atoms with E-state index in [2.05, 4.69) is 10.00 Å². The second-order valence-electron chi connectivity index (χ2n) is 6.97. The maximum Gasteiger partial charge on any atom is 0.240 e. The van der Waals surface area contributed by atoms with E-state index >= 15 is 0 Å². The highest BCUT2D eigenvalue weighted by atomic mass is 16.5. The molecule has 3 heterocycles. The van der Waals surface area contributed by atoms with E-state index in [0.717, 1.165) is 24.9 Å². The number of aromatic nitrogens is 2. The maximum atomic E-state index is 12.7. The summed E-state index contributed by atoms with van der Waals surface area (Å²) >= 11 is 0. The molecule has 2 fully saturated rings. The lowest BCUT2D eigenvalue weighted by Gasteiger charge is -2.37. The molecule has 2 amide bonds.